The molecule has 218 valence electrons. The lowest BCUT2D eigenvalue weighted by Crippen LogP contribution is -2.33. The highest BCUT2D eigenvalue weighted by molar-refractivity contribution is 6.07. The Hall–Kier alpha value is -5.36. The highest BCUT2D eigenvalue weighted by Crippen LogP contribution is 2.34. The SMILES string of the molecule is CC(CO)Nc1n[nH]c2nccc(Oc3ccc(NC(=O)c4cc5c(n(-c6ccccc6)c4=O)CCCC5=O)cc3F)c12. The quantitative estimate of drug-likeness (QED) is 0.207. The number of nitrogens with zero attached hydrogens (tertiary/aromatic N) is 3. The van der Waals surface area contributed by atoms with Crippen LogP contribution in [0, 0.1) is 5.82 Å². The largest absolute Gasteiger partial charge is 0.453 e. The number of pyridine rings is 2. The van der Waals surface area contributed by atoms with Crippen molar-refractivity contribution in [3.8, 4) is 17.2 Å². The second-order valence-corrected chi connectivity index (χ2v) is 10.2. The van der Waals surface area contributed by atoms with Gasteiger partial charge in [-0.25, -0.2) is 9.37 Å². The van der Waals surface area contributed by atoms with Gasteiger partial charge in [-0.05, 0) is 50.1 Å². The summed E-state index contributed by atoms with van der Waals surface area (Å²) in [5.74, 6) is -1.16. The number of benzene rings is 2. The molecule has 1 atom stereocenters. The molecule has 0 aliphatic heterocycles. The molecule has 0 radical (unpaired) electrons. The van der Waals surface area contributed by atoms with E-state index < -0.39 is 17.3 Å². The van der Waals surface area contributed by atoms with Crippen molar-refractivity contribution in [3.05, 3.63) is 99.9 Å². The maximum Gasteiger partial charge on any atom is 0.268 e. The van der Waals surface area contributed by atoms with Gasteiger partial charge in [-0.1, -0.05) is 18.2 Å². The van der Waals surface area contributed by atoms with Crippen LogP contribution in [-0.4, -0.2) is 49.2 Å². The van der Waals surface area contributed by atoms with Crippen LogP contribution in [0.5, 0.6) is 11.5 Å². The molecule has 43 heavy (non-hydrogen) atoms. The van der Waals surface area contributed by atoms with Gasteiger partial charge in [0, 0.05) is 53.4 Å². The number of fused-ring (bicyclic) bond motifs is 2. The summed E-state index contributed by atoms with van der Waals surface area (Å²) in [6.45, 7) is 1.64. The number of anilines is 2. The number of hydrogen-bond donors (Lipinski definition) is 4. The molecule has 0 fully saturated rings. The predicted octanol–water partition coefficient (Wildman–Crippen LogP) is 4.60. The maximum absolute atomic E-state index is 15.2. The molecule has 0 saturated carbocycles. The van der Waals surface area contributed by atoms with E-state index in [9.17, 15) is 19.5 Å². The standard InChI is InChI=1S/C31H27FN6O5/c1-17(16-39)34-29-27-26(12-13-33-28(27)36-37-29)43-25-11-10-18(14-22(25)32)35-30(41)21-15-20-23(8-5-9-24(20)40)38(31(21)42)19-6-3-2-4-7-19/h2-4,6-7,10-15,17,39H,5,8-9,16H2,1H3,(H,35,41)(H2,33,34,36,37). The number of rotatable bonds is 8. The van der Waals surface area contributed by atoms with E-state index in [1.165, 1.54) is 29.0 Å². The molecule has 0 saturated heterocycles. The summed E-state index contributed by atoms with van der Waals surface area (Å²) in [5.41, 5.74) is 1.15. The average molecular weight is 583 g/mol. The van der Waals surface area contributed by atoms with Gasteiger partial charge in [0.25, 0.3) is 11.5 Å². The Labute approximate surface area is 244 Å². The maximum atomic E-state index is 15.2. The van der Waals surface area contributed by atoms with Crippen LogP contribution >= 0.6 is 0 Å². The van der Waals surface area contributed by atoms with Crippen LogP contribution in [0.4, 0.5) is 15.9 Å². The van der Waals surface area contributed by atoms with Crippen LogP contribution in [0.25, 0.3) is 16.7 Å². The first-order chi connectivity index (χ1) is 20.8. The molecule has 11 nitrogen and oxygen atoms in total. The Morgan fingerprint density at radius 1 is 1.12 bits per heavy atom. The highest BCUT2D eigenvalue weighted by atomic mass is 19.1. The lowest BCUT2D eigenvalue weighted by Gasteiger charge is -2.21. The number of hydrogen-bond acceptors (Lipinski definition) is 8. The number of H-pyrrole nitrogens is 1. The average Bonchev–Trinajstić information content (AvgIpc) is 3.42. The molecule has 2 aromatic carbocycles. The number of para-hydroxylation sites is 1. The van der Waals surface area contributed by atoms with Gasteiger partial charge in [0.15, 0.2) is 28.8 Å². The number of carbonyl (C=O) groups excluding carboxylic acids is 2. The molecule has 6 rings (SSSR count). The van der Waals surface area contributed by atoms with E-state index in [1.54, 1.807) is 37.3 Å². The number of aromatic nitrogens is 4. The summed E-state index contributed by atoms with van der Waals surface area (Å²) in [6.07, 6.45) is 2.95. The Morgan fingerprint density at radius 3 is 2.70 bits per heavy atom. The van der Waals surface area contributed by atoms with Gasteiger partial charge in [-0.15, -0.1) is 0 Å². The van der Waals surface area contributed by atoms with Crippen molar-refractivity contribution in [1.29, 1.82) is 0 Å². The topological polar surface area (TPSA) is 151 Å². The fraction of sp³-hybridized carbons (Fsp3) is 0.194. The summed E-state index contributed by atoms with van der Waals surface area (Å²) in [5, 5.41) is 22.4. The zero-order chi connectivity index (χ0) is 30.1. The minimum absolute atomic E-state index is 0.0897. The van der Waals surface area contributed by atoms with Gasteiger partial charge in [0.05, 0.1) is 6.61 Å². The van der Waals surface area contributed by atoms with Gasteiger partial charge in [0.1, 0.15) is 16.7 Å². The number of nitrogens with one attached hydrogen (secondary N) is 3. The highest BCUT2D eigenvalue weighted by Gasteiger charge is 2.26. The summed E-state index contributed by atoms with van der Waals surface area (Å²) < 4.78 is 22.5. The molecule has 12 heteroatoms. The lowest BCUT2D eigenvalue weighted by molar-refractivity contribution is 0.0971. The van der Waals surface area contributed by atoms with E-state index in [-0.39, 0.29) is 41.2 Å². The van der Waals surface area contributed by atoms with E-state index in [0.29, 0.717) is 53.1 Å². The molecule has 1 unspecified atom stereocenters. The Bertz CT molecular complexity index is 1920. The third kappa shape index (κ3) is 5.35. The zero-order valence-corrected chi connectivity index (χ0v) is 23.1. The van der Waals surface area contributed by atoms with Gasteiger partial charge in [-0.3, -0.25) is 24.0 Å². The molecule has 1 aliphatic carbocycles. The van der Waals surface area contributed by atoms with E-state index in [0.717, 1.165) is 6.07 Å². The number of ether oxygens (including phenoxy) is 1. The van der Waals surface area contributed by atoms with Crippen LogP contribution in [0.2, 0.25) is 0 Å². The van der Waals surface area contributed by atoms with Crippen LogP contribution in [0.1, 0.15) is 46.2 Å². The number of aromatic amines is 1. The van der Waals surface area contributed by atoms with Crippen LogP contribution < -0.4 is 20.9 Å². The number of aliphatic hydroxyl groups is 1. The smallest absolute Gasteiger partial charge is 0.268 e. The minimum atomic E-state index is -0.771. The fourth-order valence-electron chi connectivity index (χ4n) is 5.07. The van der Waals surface area contributed by atoms with Crippen LogP contribution in [-0.2, 0) is 6.42 Å². The number of ketones is 1. The summed E-state index contributed by atoms with van der Waals surface area (Å²) in [4.78, 5) is 43.9. The summed E-state index contributed by atoms with van der Waals surface area (Å²) >= 11 is 0. The molecule has 3 aromatic heterocycles. The van der Waals surface area contributed by atoms with Crippen molar-refractivity contribution in [3.63, 3.8) is 0 Å². The normalized spacial score (nSPS) is 13.4. The monoisotopic (exact) mass is 582 g/mol. The van der Waals surface area contributed by atoms with Gasteiger partial charge in [-0.2, -0.15) is 5.10 Å². The van der Waals surface area contributed by atoms with E-state index >= 15 is 4.39 Å². The van der Waals surface area contributed by atoms with Crippen molar-refractivity contribution in [2.75, 3.05) is 17.2 Å². The fourth-order valence-corrected chi connectivity index (χ4v) is 5.07. The molecule has 3 heterocycles. The zero-order valence-electron chi connectivity index (χ0n) is 23.1. The number of aliphatic hydroxyl groups excluding tert-OH is 1. The Kier molecular flexibility index (Phi) is 7.43. The molecular weight excluding hydrogens is 555 g/mol. The molecule has 5 aromatic rings. The van der Waals surface area contributed by atoms with E-state index in [1.807, 2.05) is 6.07 Å². The number of Topliss-reactive ketones (excluding diaryl/α,β-unsaturated/α-hetero) is 1. The second kappa shape index (κ2) is 11.5. The molecule has 1 amide bonds. The molecule has 1 aliphatic rings. The van der Waals surface area contributed by atoms with Crippen molar-refractivity contribution >= 4 is 34.2 Å². The number of carbonyl (C=O) groups is 2. The molecular formula is C31H27FN6O5. The van der Waals surface area contributed by atoms with Crippen molar-refractivity contribution in [2.45, 2.75) is 32.2 Å². The third-order valence-corrected chi connectivity index (χ3v) is 7.17. The van der Waals surface area contributed by atoms with Crippen molar-refractivity contribution in [2.24, 2.45) is 0 Å². The van der Waals surface area contributed by atoms with Crippen LogP contribution in [0.3, 0.4) is 0 Å². The third-order valence-electron chi connectivity index (χ3n) is 7.17. The van der Waals surface area contributed by atoms with Gasteiger partial charge >= 0.3 is 0 Å². The van der Waals surface area contributed by atoms with E-state index in [2.05, 4.69) is 25.8 Å². The predicted molar refractivity (Wildman–Crippen MR) is 158 cm³/mol. The first-order valence-corrected chi connectivity index (χ1v) is 13.7. The lowest BCUT2D eigenvalue weighted by atomic mass is 9.92. The summed E-state index contributed by atoms with van der Waals surface area (Å²) in [7, 11) is 0. The Morgan fingerprint density at radius 2 is 1.93 bits per heavy atom. The molecule has 0 bridgehead atoms. The van der Waals surface area contributed by atoms with Gasteiger partial charge in [0.2, 0.25) is 0 Å². The van der Waals surface area contributed by atoms with Gasteiger partial charge < -0.3 is 20.5 Å². The molecule has 4 N–H and O–H groups in total. The molecule has 0 spiro atoms. The first kappa shape index (κ1) is 27.8. The Balaban J connectivity index is 1.29. The van der Waals surface area contributed by atoms with Crippen molar-refractivity contribution < 1.29 is 23.8 Å². The number of halogens is 1. The first-order valence-electron chi connectivity index (χ1n) is 13.7. The number of amides is 1. The van der Waals surface area contributed by atoms with Crippen molar-refractivity contribution in [1.82, 2.24) is 19.7 Å². The summed E-state index contributed by atoms with van der Waals surface area (Å²) in [6, 6.07) is 15.3. The van der Waals surface area contributed by atoms with E-state index in [4.69, 9.17) is 4.74 Å². The van der Waals surface area contributed by atoms with Crippen LogP contribution in [0.15, 0.2) is 71.7 Å². The second-order valence-electron chi connectivity index (χ2n) is 10.2. The minimum Gasteiger partial charge on any atom is -0.453 e.